The van der Waals surface area contributed by atoms with E-state index >= 15 is 0 Å². The summed E-state index contributed by atoms with van der Waals surface area (Å²) in [5, 5.41) is 5.35. The lowest BCUT2D eigenvalue weighted by atomic mass is 9.92. The highest BCUT2D eigenvalue weighted by molar-refractivity contribution is 5.89. The Kier molecular flexibility index (Phi) is 6.68. The van der Waals surface area contributed by atoms with Gasteiger partial charge in [0.1, 0.15) is 0 Å². The molecular weight excluding hydrogens is 410 g/mol. The molecule has 1 N–H and O–H groups in total. The van der Waals surface area contributed by atoms with Crippen LogP contribution in [-0.2, 0) is 9.59 Å². The summed E-state index contributed by atoms with van der Waals surface area (Å²) in [7, 11) is 0. The molecule has 0 spiro atoms. The molecule has 5 nitrogen and oxygen atoms in total. The minimum absolute atomic E-state index is 0.0536. The normalized spacial score (nSPS) is 15.4. The Morgan fingerprint density at radius 1 is 0.848 bits per heavy atom. The van der Waals surface area contributed by atoms with E-state index in [1.807, 2.05) is 68.1 Å². The van der Waals surface area contributed by atoms with E-state index in [1.165, 1.54) is 5.69 Å². The maximum Gasteiger partial charge on any atom is 0.225 e. The van der Waals surface area contributed by atoms with Crippen LogP contribution in [0.4, 0.5) is 5.69 Å². The van der Waals surface area contributed by atoms with Gasteiger partial charge in [0, 0.05) is 37.3 Å². The number of hydrogen-bond donors (Lipinski definition) is 1. The van der Waals surface area contributed by atoms with E-state index in [2.05, 4.69) is 40.5 Å². The summed E-state index contributed by atoms with van der Waals surface area (Å²) in [4.78, 5) is 30.5. The van der Waals surface area contributed by atoms with Crippen molar-refractivity contribution in [2.45, 2.75) is 33.2 Å². The van der Waals surface area contributed by atoms with Crippen LogP contribution in [0.5, 0.6) is 0 Å². The van der Waals surface area contributed by atoms with Crippen LogP contribution in [0.2, 0.25) is 0 Å². The first-order valence-corrected chi connectivity index (χ1v) is 11.7. The highest BCUT2D eigenvalue weighted by Crippen LogP contribution is 2.29. The molecule has 0 unspecified atom stereocenters. The third-order valence-electron chi connectivity index (χ3n) is 6.32. The van der Waals surface area contributed by atoms with Crippen molar-refractivity contribution in [3.8, 4) is 0 Å². The van der Waals surface area contributed by atoms with Gasteiger partial charge in [-0.25, -0.2) is 0 Å². The number of hydrogen-bond acceptors (Lipinski definition) is 3. The largest absolute Gasteiger partial charge is 0.368 e. The Morgan fingerprint density at radius 2 is 1.48 bits per heavy atom. The zero-order valence-corrected chi connectivity index (χ0v) is 19.8. The molecule has 2 amide bonds. The van der Waals surface area contributed by atoms with Gasteiger partial charge in [-0.15, -0.1) is 0 Å². The van der Waals surface area contributed by atoms with E-state index in [4.69, 9.17) is 0 Å². The molecule has 1 atom stereocenters. The number of piperazine rings is 1. The van der Waals surface area contributed by atoms with Crippen molar-refractivity contribution < 1.29 is 9.59 Å². The second-order valence-electron chi connectivity index (χ2n) is 9.75. The molecule has 0 saturated carbocycles. The Bertz CT molecular complexity index is 1110. The van der Waals surface area contributed by atoms with Gasteiger partial charge in [-0.2, -0.15) is 0 Å². The number of rotatable bonds is 5. The number of nitrogens with zero attached hydrogens (tertiary/aromatic N) is 2. The summed E-state index contributed by atoms with van der Waals surface area (Å²) in [6, 6.07) is 24.2. The van der Waals surface area contributed by atoms with Gasteiger partial charge in [0.25, 0.3) is 0 Å². The summed E-state index contributed by atoms with van der Waals surface area (Å²) in [5.74, 6) is 0.0250. The van der Waals surface area contributed by atoms with E-state index in [1.54, 1.807) is 0 Å². The smallest absolute Gasteiger partial charge is 0.225 e. The molecule has 0 radical (unpaired) electrons. The third kappa shape index (κ3) is 5.36. The fraction of sp³-hybridized carbons (Fsp3) is 0.357. The number of carbonyl (C=O) groups is 2. The molecule has 4 rings (SSSR count). The maximum atomic E-state index is 13.3. The Morgan fingerprint density at radius 3 is 2.18 bits per heavy atom. The topological polar surface area (TPSA) is 52.7 Å². The lowest BCUT2D eigenvalue weighted by Gasteiger charge is -2.37. The van der Waals surface area contributed by atoms with Gasteiger partial charge in [-0.1, -0.05) is 81.4 Å². The molecule has 0 aromatic heterocycles. The quantitative estimate of drug-likeness (QED) is 0.617. The number of fused-ring (bicyclic) bond motifs is 1. The maximum absolute atomic E-state index is 13.3. The first-order chi connectivity index (χ1) is 15.8. The molecular formula is C28H33N3O2. The molecule has 1 aliphatic heterocycles. The van der Waals surface area contributed by atoms with Gasteiger partial charge < -0.3 is 15.1 Å². The van der Waals surface area contributed by atoms with Crippen molar-refractivity contribution >= 4 is 28.3 Å². The third-order valence-corrected chi connectivity index (χ3v) is 6.32. The van der Waals surface area contributed by atoms with Crippen LogP contribution in [0.3, 0.4) is 0 Å². The lowest BCUT2D eigenvalue weighted by Crippen LogP contribution is -2.49. The summed E-state index contributed by atoms with van der Waals surface area (Å²) >= 11 is 0. The Labute approximate surface area is 196 Å². The molecule has 172 valence electrons. The number of nitrogens with one attached hydrogen (secondary N) is 1. The van der Waals surface area contributed by atoms with Gasteiger partial charge in [0.2, 0.25) is 11.8 Å². The zero-order chi connectivity index (χ0) is 23.4. The van der Waals surface area contributed by atoms with Gasteiger partial charge in [-0.05, 0) is 28.5 Å². The summed E-state index contributed by atoms with van der Waals surface area (Å²) in [5.41, 5.74) is 1.64. The molecule has 3 aromatic rings. The van der Waals surface area contributed by atoms with Gasteiger partial charge in [0.05, 0.1) is 12.5 Å². The molecule has 0 aliphatic carbocycles. The highest BCUT2D eigenvalue weighted by Gasteiger charge is 2.29. The lowest BCUT2D eigenvalue weighted by molar-refractivity contribution is -0.133. The van der Waals surface area contributed by atoms with Crippen LogP contribution in [0, 0.1) is 5.41 Å². The minimum Gasteiger partial charge on any atom is -0.368 e. The molecule has 1 saturated heterocycles. The number of para-hydroxylation sites is 1. The predicted molar refractivity (Wildman–Crippen MR) is 134 cm³/mol. The number of anilines is 1. The SMILES string of the molecule is CC(C)(C)C(=O)N[C@H](CC(=O)N1CCN(c2ccccc2)CC1)c1cccc2ccccc12. The number of amides is 2. The fourth-order valence-corrected chi connectivity index (χ4v) is 4.32. The summed E-state index contributed by atoms with van der Waals surface area (Å²) in [6.45, 7) is 8.67. The second kappa shape index (κ2) is 9.65. The molecule has 1 heterocycles. The minimum atomic E-state index is -0.535. The van der Waals surface area contributed by atoms with E-state index in [-0.39, 0.29) is 24.3 Å². The van der Waals surface area contributed by atoms with Crippen LogP contribution in [0.15, 0.2) is 72.8 Å². The molecule has 1 fully saturated rings. The zero-order valence-electron chi connectivity index (χ0n) is 19.8. The molecule has 3 aromatic carbocycles. The standard InChI is InChI=1S/C28H33N3O2/c1-28(2,3)27(33)29-25(24-15-9-11-21-10-7-8-14-23(21)24)20-26(32)31-18-16-30(17-19-31)22-12-5-4-6-13-22/h4-15,25H,16-20H2,1-3H3,(H,29,33)/t25-/m1/s1. The van der Waals surface area contributed by atoms with E-state index in [0.29, 0.717) is 13.1 Å². The van der Waals surface area contributed by atoms with Gasteiger partial charge >= 0.3 is 0 Å². The van der Waals surface area contributed by atoms with Crippen LogP contribution in [-0.4, -0.2) is 42.9 Å². The average molecular weight is 444 g/mol. The molecule has 33 heavy (non-hydrogen) atoms. The summed E-state index contributed by atoms with van der Waals surface area (Å²) < 4.78 is 0. The van der Waals surface area contributed by atoms with Crippen LogP contribution >= 0.6 is 0 Å². The monoisotopic (exact) mass is 443 g/mol. The second-order valence-corrected chi connectivity index (χ2v) is 9.75. The van der Waals surface area contributed by atoms with E-state index < -0.39 is 5.41 Å². The number of benzene rings is 3. The first-order valence-electron chi connectivity index (χ1n) is 11.7. The fourth-order valence-electron chi connectivity index (χ4n) is 4.32. The number of carbonyl (C=O) groups excluding carboxylic acids is 2. The molecule has 5 heteroatoms. The molecule has 0 bridgehead atoms. The summed E-state index contributed by atoms with van der Waals surface area (Å²) in [6.07, 6.45) is 0.251. The first kappa shape index (κ1) is 22.8. The Balaban J connectivity index is 1.52. The highest BCUT2D eigenvalue weighted by atomic mass is 16.2. The Hall–Kier alpha value is -3.34. The van der Waals surface area contributed by atoms with Crippen molar-refractivity contribution in [3.63, 3.8) is 0 Å². The van der Waals surface area contributed by atoms with E-state index in [0.717, 1.165) is 29.4 Å². The van der Waals surface area contributed by atoms with Crippen LogP contribution < -0.4 is 10.2 Å². The van der Waals surface area contributed by atoms with Gasteiger partial charge in [0.15, 0.2) is 0 Å². The van der Waals surface area contributed by atoms with Crippen LogP contribution in [0.1, 0.15) is 38.8 Å². The van der Waals surface area contributed by atoms with Crippen molar-refractivity contribution in [2.75, 3.05) is 31.1 Å². The average Bonchev–Trinajstić information content (AvgIpc) is 2.83. The van der Waals surface area contributed by atoms with Crippen LogP contribution in [0.25, 0.3) is 10.8 Å². The van der Waals surface area contributed by atoms with Crippen molar-refractivity contribution in [1.82, 2.24) is 10.2 Å². The van der Waals surface area contributed by atoms with Crippen molar-refractivity contribution in [2.24, 2.45) is 5.41 Å². The van der Waals surface area contributed by atoms with Crippen molar-refractivity contribution in [1.29, 1.82) is 0 Å². The van der Waals surface area contributed by atoms with E-state index in [9.17, 15) is 9.59 Å². The predicted octanol–water partition coefficient (Wildman–Crippen LogP) is 4.78. The van der Waals surface area contributed by atoms with Gasteiger partial charge in [-0.3, -0.25) is 9.59 Å². The molecule has 1 aliphatic rings. The van der Waals surface area contributed by atoms with Crippen molar-refractivity contribution in [3.05, 3.63) is 78.4 Å².